The van der Waals surface area contributed by atoms with Crippen molar-refractivity contribution in [2.75, 3.05) is 26.2 Å². The number of halogens is 1. The Hall–Kier alpha value is -2.06. The van der Waals surface area contributed by atoms with Gasteiger partial charge in [0.25, 0.3) is 0 Å². The number of hydrogen-bond acceptors (Lipinski definition) is 4. The molecule has 1 fully saturated rings. The third-order valence-electron chi connectivity index (χ3n) is 4.17. The summed E-state index contributed by atoms with van der Waals surface area (Å²) in [6, 6.07) is 17.6. The second kappa shape index (κ2) is 8.16. The zero-order chi connectivity index (χ0) is 16.8. The zero-order valence-electron chi connectivity index (χ0n) is 13.4. The molecule has 1 N–H and O–H groups in total. The molecule has 0 aliphatic carbocycles. The first kappa shape index (κ1) is 16.8. The summed E-state index contributed by atoms with van der Waals surface area (Å²) in [5, 5.41) is 13.6. The fourth-order valence-corrected chi connectivity index (χ4v) is 3.05. The van der Waals surface area contributed by atoms with Crippen molar-refractivity contribution in [3.63, 3.8) is 0 Å². The van der Waals surface area contributed by atoms with Gasteiger partial charge in [0.2, 0.25) is 0 Å². The predicted octanol–water partition coefficient (Wildman–Crippen LogP) is 3.39. The molecule has 1 aliphatic rings. The lowest BCUT2D eigenvalue weighted by Crippen LogP contribution is -2.44. The van der Waals surface area contributed by atoms with Crippen LogP contribution in [0.1, 0.15) is 17.2 Å². The predicted molar refractivity (Wildman–Crippen MR) is 95.0 cm³/mol. The van der Waals surface area contributed by atoms with Gasteiger partial charge in [-0.2, -0.15) is 5.26 Å². The molecule has 1 atom stereocenters. The number of ether oxygens (including phenoxy) is 1. The van der Waals surface area contributed by atoms with Crippen LogP contribution >= 0.6 is 11.6 Å². The highest BCUT2D eigenvalue weighted by Gasteiger charge is 2.22. The second-order valence-corrected chi connectivity index (χ2v) is 6.18. The van der Waals surface area contributed by atoms with E-state index in [4.69, 9.17) is 16.3 Å². The van der Waals surface area contributed by atoms with Gasteiger partial charge in [-0.15, -0.1) is 0 Å². The fourth-order valence-electron chi connectivity index (χ4n) is 2.86. The van der Waals surface area contributed by atoms with E-state index >= 15 is 0 Å². The summed E-state index contributed by atoms with van der Waals surface area (Å²) < 4.78 is 5.87. The highest BCUT2D eigenvalue weighted by molar-refractivity contribution is 6.31. The van der Waals surface area contributed by atoms with Gasteiger partial charge in [-0.3, -0.25) is 4.90 Å². The van der Waals surface area contributed by atoms with E-state index < -0.39 is 0 Å². The van der Waals surface area contributed by atoms with Crippen LogP contribution in [0.2, 0.25) is 5.02 Å². The van der Waals surface area contributed by atoms with Crippen LogP contribution in [-0.4, -0.2) is 31.1 Å². The number of nitrogens with zero attached hydrogens (tertiary/aromatic N) is 2. The van der Waals surface area contributed by atoms with Crippen LogP contribution in [0.25, 0.3) is 0 Å². The molecule has 1 unspecified atom stereocenters. The molecule has 0 amide bonds. The molecule has 0 radical (unpaired) electrons. The van der Waals surface area contributed by atoms with Crippen molar-refractivity contribution in [3.05, 3.63) is 64.7 Å². The molecule has 3 rings (SSSR count). The first-order valence-electron chi connectivity index (χ1n) is 8.08. The average Bonchev–Trinajstić information content (AvgIpc) is 2.63. The Kier molecular flexibility index (Phi) is 5.71. The monoisotopic (exact) mass is 341 g/mol. The minimum absolute atomic E-state index is 0.240. The third-order valence-corrected chi connectivity index (χ3v) is 4.53. The van der Waals surface area contributed by atoms with Gasteiger partial charge < -0.3 is 10.1 Å². The molecule has 5 heteroatoms. The summed E-state index contributed by atoms with van der Waals surface area (Å²) in [4.78, 5) is 2.20. The Labute approximate surface area is 147 Å². The van der Waals surface area contributed by atoms with Crippen molar-refractivity contribution in [3.8, 4) is 11.8 Å². The first-order valence-corrected chi connectivity index (χ1v) is 8.46. The van der Waals surface area contributed by atoms with Crippen LogP contribution in [0.4, 0.5) is 0 Å². The highest BCUT2D eigenvalue weighted by atomic mass is 35.5. The number of nitriles is 1. The Morgan fingerprint density at radius 3 is 2.71 bits per heavy atom. The molecule has 0 spiro atoms. The van der Waals surface area contributed by atoms with E-state index in [9.17, 15) is 5.26 Å². The first-order chi connectivity index (χ1) is 11.8. The number of piperazine rings is 1. The van der Waals surface area contributed by atoms with Crippen molar-refractivity contribution in [2.45, 2.75) is 12.6 Å². The Morgan fingerprint density at radius 1 is 1.17 bits per heavy atom. The molecule has 2 aromatic rings. The lowest BCUT2D eigenvalue weighted by molar-refractivity contribution is 0.207. The lowest BCUT2D eigenvalue weighted by atomic mass is 10.1. The molecule has 1 saturated heterocycles. The van der Waals surface area contributed by atoms with Gasteiger partial charge >= 0.3 is 0 Å². The quantitative estimate of drug-likeness (QED) is 0.905. The van der Waals surface area contributed by atoms with E-state index in [1.165, 1.54) is 0 Å². The lowest BCUT2D eigenvalue weighted by Gasteiger charge is -2.31. The summed E-state index contributed by atoms with van der Waals surface area (Å²) >= 11 is 6.16. The molecule has 24 heavy (non-hydrogen) atoms. The van der Waals surface area contributed by atoms with Gasteiger partial charge in [0.15, 0.2) is 0 Å². The van der Waals surface area contributed by atoms with Crippen molar-refractivity contribution in [1.29, 1.82) is 5.26 Å². The molecule has 1 heterocycles. The van der Waals surface area contributed by atoms with Gasteiger partial charge in [0.1, 0.15) is 18.4 Å². The number of hydrogen-bond donors (Lipinski definition) is 1. The van der Waals surface area contributed by atoms with Crippen molar-refractivity contribution >= 4 is 11.6 Å². The minimum atomic E-state index is -0.240. The van der Waals surface area contributed by atoms with Gasteiger partial charge in [0.05, 0.1) is 6.07 Å². The smallest absolute Gasteiger partial charge is 0.124 e. The number of nitrogens with one attached hydrogen (secondary N) is 1. The van der Waals surface area contributed by atoms with Gasteiger partial charge in [-0.05, 0) is 23.8 Å². The topological polar surface area (TPSA) is 48.3 Å². The largest absolute Gasteiger partial charge is 0.489 e. The molecular weight excluding hydrogens is 322 g/mol. The van der Waals surface area contributed by atoms with E-state index in [0.29, 0.717) is 11.6 Å². The maximum absolute atomic E-state index is 9.60. The Bertz CT molecular complexity index is 723. The van der Waals surface area contributed by atoms with E-state index in [2.05, 4.69) is 16.3 Å². The van der Waals surface area contributed by atoms with Gasteiger partial charge in [-0.25, -0.2) is 0 Å². The van der Waals surface area contributed by atoms with E-state index in [0.717, 1.165) is 43.1 Å². The molecular formula is C19H20ClN3O. The SMILES string of the molecule is N#CC(c1cccc(OCc2ccccc2Cl)c1)N1CCNCC1. The minimum Gasteiger partial charge on any atom is -0.489 e. The maximum Gasteiger partial charge on any atom is 0.124 e. The average molecular weight is 342 g/mol. The molecule has 0 aromatic heterocycles. The normalized spacial score (nSPS) is 16.3. The highest BCUT2D eigenvalue weighted by Crippen LogP contribution is 2.25. The van der Waals surface area contributed by atoms with Gasteiger partial charge in [-0.1, -0.05) is 41.9 Å². The van der Waals surface area contributed by atoms with Crippen molar-refractivity contribution in [2.24, 2.45) is 0 Å². The zero-order valence-corrected chi connectivity index (χ0v) is 14.2. The van der Waals surface area contributed by atoms with Crippen LogP contribution in [0, 0.1) is 11.3 Å². The standard InChI is InChI=1S/C19H20ClN3O/c20-18-7-2-1-4-16(18)14-24-17-6-3-5-15(12-17)19(13-21)23-10-8-22-9-11-23/h1-7,12,19,22H,8-11,14H2. The van der Waals surface area contributed by atoms with Crippen LogP contribution in [-0.2, 0) is 6.61 Å². The van der Waals surface area contributed by atoms with Crippen LogP contribution < -0.4 is 10.1 Å². The maximum atomic E-state index is 9.60. The van der Waals surface area contributed by atoms with E-state index in [1.807, 2.05) is 48.5 Å². The van der Waals surface area contributed by atoms with Gasteiger partial charge in [0, 0.05) is 36.8 Å². The molecule has 4 nitrogen and oxygen atoms in total. The number of benzene rings is 2. The third kappa shape index (κ3) is 4.07. The molecule has 124 valence electrons. The summed E-state index contributed by atoms with van der Waals surface area (Å²) in [5.41, 5.74) is 1.92. The molecule has 0 saturated carbocycles. The summed E-state index contributed by atoms with van der Waals surface area (Å²) in [6.07, 6.45) is 0. The molecule has 2 aromatic carbocycles. The van der Waals surface area contributed by atoms with E-state index in [1.54, 1.807) is 0 Å². The molecule has 0 bridgehead atoms. The fraction of sp³-hybridized carbons (Fsp3) is 0.316. The van der Waals surface area contributed by atoms with Crippen molar-refractivity contribution in [1.82, 2.24) is 10.2 Å². The van der Waals surface area contributed by atoms with E-state index in [-0.39, 0.29) is 6.04 Å². The van der Waals surface area contributed by atoms with Crippen LogP contribution in [0.3, 0.4) is 0 Å². The summed E-state index contributed by atoms with van der Waals surface area (Å²) in [5.74, 6) is 0.753. The number of rotatable bonds is 5. The summed E-state index contributed by atoms with van der Waals surface area (Å²) in [6.45, 7) is 4.00. The molecule has 1 aliphatic heterocycles. The Balaban J connectivity index is 1.71. The van der Waals surface area contributed by atoms with Crippen molar-refractivity contribution < 1.29 is 4.74 Å². The van der Waals surface area contributed by atoms with Crippen LogP contribution in [0.5, 0.6) is 5.75 Å². The van der Waals surface area contributed by atoms with Crippen LogP contribution in [0.15, 0.2) is 48.5 Å². The second-order valence-electron chi connectivity index (χ2n) is 5.77. The Morgan fingerprint density at radius 2 is 1.96 bits per heavy atom. The summed E-state index contributed by atoms with van der Waals surface area (Å²) in [7, 11) is 0.